The van der Waals surface area contributed by atoms with Crippen LogP contribution >= 0.6 is 0 Å². The van der Waals surface area contributed by atoms with Gasteiger partial charge in [-0.25, -0.2) is 23.1 Å². The van der Waals surface area contributed by atoms with Gasteiger partial charge >= 0.3 is 0 Å². The molecule has 0 atom stereocenters. The fourth-order valence-electron chi connectivity index (χ4n) is 3.11. The molecule has 0 bridgehead atoms. The summed E-state index contributed by atoms with van der Waals surface area (Å²) >= 11 is 0. The van der Waals surface area contributed by atoms with E-state index in [2.05, 4.69) is 20.3 Å². The lowest BCUT2D eigenvalue weighted by Crippen LogP contribution is -2.39. The Morgan fingerprint density at radius 2 is 1.69 bits per heavy atom. The van der Waals surface area contributed by atoms with Crippen molar-refractivity contribution in [1.82, 2.24) is 29.3 Å². The molecule has 0 saturated carbocycles. The minimum atomic E-state index is -3.43. The predicted octanol–water partition coefficient (Wildman–Crippen LogP) is 1.76. The van der Waals surface area contributed by atoms with E-state index in [9.17, 15) is 8.42 Å². The average Bonchev–Trinajstić information content (AvgIpc) is 3.20. The van der Waals surface area contributed by atoms with Crippen LogP contribution < -0.4 is 0 Å². The largest absolute Gasteiger partial charge is 0.249 e. The lowest BCUT2D eigenvalue weighted by Gasteiger charge is -2.31. The zero-order chi connectivity index (χ0) is 18.0. The topological polar surface area (TPSA) is 93.9 Å². The first-order valence-corrected chi connectivity index (χ1v) is 9.81. The predicted molar refractivity (Wildman–Crippen MR) is 94.5 cm³/mol. The summed E-state index contributed by atoms with van der Waals surface area (Å²) < 4.78 is 28.8. The Morgan fingerprint density at radius 3 is 2.38 bits per heavy atom. The Hall–Kier alpha value is -2.65. The van der Waals surface area contributed by atoms with E-state index < -0.39 is 10.0 Å². The van der Waals surface area contributed by atoms with Crippen molar-refractivity contribution in [3.8, 4) is 11.3 Å². The summed E-state index contributed by atoms with van der Waals surface area (Å²) in [5.74, 6) is 0. The summed E-state index contributed by atoms with van der Waals surface area (Å²) in [7, 11) is -3.43. The summed E-state index contributed by atoms with van der Waals surface area (Å²) in [5, 5.41) is 8.38. The fourth-order valence-corrected chi connectivity index (χ4v) is 4.60. The summed E-state index contributed by atoms with van der Waals surface area (Å²) in [5.41, 5.74) is 1.52. The zero-order valence-corrected chi connectivity index (χ0v) is 14.8. The molecule has 0 amide bonds. The average molecular weight is 370 g/mol. The molecule has 0 N–H and O–H groups in total. The van der Waals surface area contributed by atoms with Crippen LogP contribution in [0.3, 0.4) is 0 Å². The molecule has 134 valence electrons. The van der Waals surface area contributed by atoms with E-state index in [1.807, 2.05) is 16.9 Å². The van der Waals surface area contributed by atoms with Crippen molar-refractivity contribution in [2.45, 2.75) is 23.8 Å². The van der Waals surface area contributed by atoms with Crippen LogP contribution in [0, 0.1) is 0 Å². The summed E-state index contributed by atoms with van der Waals surface area (Å²) in [6.45, 7) is 0.928. The number of rotatable bonds is 4. The minimum absolute atomic E-state index is 0.128. The monoisotopic (exact) mass is 370 g/mol. The van der Waals surface area contributed by atoms with E-state index in [4.69, 9.17) is 0 Å². The number of aromatic nitrogens is 5. The molecule has 2 aromatic heterocycles. The van der Waals surface area contributed by atoms with Crippen molar-refractivity contribution >= 4 is 10.0 Å². The molecule has 3 aromatic rings. The Morgan fingerprint density at radius 1 is 1.00 bits per heavy atom. The van der Waals surface area contributed by atoms with Crippen molar-refractivity contribution in [3.05, 3.63) is 55.2 Å². The molecule has 0 radical (unpaired) electrons. The molecular weight excluding hydrogens is 352 g/mol. The molecule has 1 aliphatic rings. The van der Waals surface area contributed by atoms with E-state index in [0.29, 0.717) is 36.5 Å². The van der Waals surface area contributed by atoms with Gasteiger partial charge in [-0.15, -0.1) is 5.10 Å². The third-order valence-corrected chi connectivity index (χ3v) is 6.46. The normalized spacial score (nSPS) is 16.6. The second kappa shape index (κ2) is 6.93. The third kappa shape index (κ3) is 3.23. The maximum Gasteiger partial charge on any atom is 0.243 e. The fraction of sp³-hybridized carbons (Fsp3) is 0.294. The molecule has 3 heterocycles. The van der Waals surface area contributed by atoms with Crippen LogP contribution in [-0.2, 0) is 10.0 Å². The number of hydrogen-bond donors (Lipinski definition) is 0. The van der Waals surface area contributed by atoms with Crippen LogP contribution in [0.1, 0.15) is 18.9 Å². The molecule has 1 aliphatic heterocycles. The molecule has 9 heteroatoms. The van der Waals surface area contributed by atoms with Gasteiger partial charge in [0, 0.05) is 31.0 Å². The van der Waals surface area contributed by atoms with Gasteiger partial charge in [0.1, 0.15) is 12.0 Å². The lowest BCUT2D eigenvalue weighted by molar-refractivity contribution is 0.258. The van der Waals surface area contributed by atoms with E-state index >= 15 is 0 Å². The van der Waals surface area contributed by atoms with Gasteiger partial charge in [-0.05, 0) is 25.0 Å². The Bertz CT molecular complexity index is 967. The maximum absolute atomic E-state index is 12.7. The van der Waals surface area contributed by atoms with Crippen molar-refractivity contribution in [2.24, 2.45) is 0 Å². The highest BCUT2D eigenvalue weighted by Crippen LogP contribution is 2.27. The highest BCUT2D eigenvalue weighted by Gasteiger charge is 2.30. The Labute approximate surface area is 151 Å². The quantitative estimate of drug-likeness (QED) is 0.695. The van der Waals surface area contributed by atoms with Gasteiger partial charge in [0.25, 0.3) is 0 Å². The van der Waals surface area contributed by atoms with Crippen LogP contribution in [-0.4, -0.2) is 50.8 Å². The van der Waals surface area contributed by atoms with Crippen LogP contribution in [0.15, 0.2) is 60.1 Å². The first kappa shape index (κ1) is 16.8. The van der Waals surface area contributed by atoms with Crippen LogP contribution in [0.4, 0.5) is 0 Å². The molecule has 0 aliphatic carbocycles. The van der Waals surface area contributed by atoms with E-state index in [-0.39, 0.29) is 6.04 Å². The third-order valence-electron chi connectivity index (χ3n) is 4.55. The van der Waals surface area contributed by atoms with Gasteiger partial charge in [0.2, 0.25) is 10.0 Å². The molecule has 0 unspecified atom stereocenters. The highest BCUT2D eigenvalue weighted by molar-refractivity contribution is 7.89. The first-order chi connectivity index (χ1) is 12.6. The van der Waals surface area contributed by atoms with E-state index in [1.54, 1.807) is 41.0 Å². The SMILES string of the molecule is O=S(=O)(c1ccccc1)N1CCC(n2cc(-c3cncnc3)nn2)CC1. The number of benzene rings is 1. The summed E-state index contributed by atoms with van der Waals surface area (Å²) in [6.07, 6.45) is 8.11. The molecule has 0 spiro atoms. The summed E-state index contributed by atoms with van der Waals surface area (Å²) in [6, 6.07) is 8.68. The molecule has 1 saturated heterocycles. The minimum Gasteiger partial charge on any atom is -0.249 e. The van der Waals surface area contributed by atoms with Gasteiger partial charge in [-0.1, -0.05) is 23.4 Å². The van der Waals surface area contributed by atoms with Crippen LogP contribution in [0.2, 0.25) is 0 Å². The van der Waals surface area contributed by atoms with Crippen LogP contribution in [0.5, 0.6) is 0 Å². The standard InChI is InChI=1S/C17H18N6O2S/c24-26(25,16-4-2-1-3-5-16)22-8-6-15(7-9-22)23-12-17(20-21-23)14-10-18-13-19-11-14/h1-5,10-13,15H,6-9H2. The number of hydrogen-bond acceptors (Lipinski definition) is 6. The maximum atomic E-state index is 12.7. The van der Waals surface area contributed by atoms with E-state index in [1.165, 1.54) is 6.33 Å². The molecule has 1 aromatic carbocycles. The lowest BCUT2D eigenvalue weighted by atomic mass is 10.1. The van der Waals surface area contributed by atoms with Gasteiger partial charge < -0.3 is 0 Å². The van der Waals surface area contributed by atoms with Gasteiger partial charge in [-0.3, -0.25) is 0 Å². The molecule has 26 heavy (non-hydrogen) atoms. The van der Waals surface area contributed by atoms with Crippen molar-refractivity contribution in [1.29, 1.82) is 0 Å². The van der Waals surface area contributed by atoms with Gasteiger partial charge in [0.05, 0.1) is 17.1 Å². The molecule has 1 fully saturated rings. The van der Waals surface area contributed by atoms with Gasteiger partial charge in [0.15, 0.2) is 0 Å². The molecular formula is C17H18N6O2S. The second-order valence-electron chi connectivity index (χ2n) is 6.16. The Balaban J connectivity index is 1.45. The van der Waals surface area contributed by atoms with Gasteiger partial charge in [-0.2, -0.15) is 4.31 Å². The Kier molecular flexibility index (Phi) is 4.48. The van der Waals surface area contributed by atoms with Crippen molar-refractivity contribution in [3.63, 3.8) is 0 Å². The number of nitrogens with zero attached hydrogens (tertiary/aromatic N) is 6. The number of piperidine rings is 1. The zero-order valence-electron chi connectivity index (χ0n) is 14.0. The van der Waals surface area contributed by atoms with Crippen molar-refractivity contribution in [2.75, 3.05) is 13.1 Å². The van der Waals surface area contributed by atoms with E-state index in [0.717, 1.165) is 5.56 Å². The van der Waals surface area contributed by atoms with Crippen LogP contribution in [0.25, 0.3) is 11.3 Å². The van der Waals surface area contributed by atoms with Crippen molar-refractivity contribution < 1.29 is 8.42 Å². The summed E-state index contributed by atoms with van der Waals surface area (Å²) in [4.78, 5) is 8.31. The molecule has 8 nitrogen and oxygen atoms in total. The highest BCUT2D eigenvalue weighted by atomic mass is 32.2. The number of sulfonamides is 1. The first-order valence-electron chi connectivity index (χ1n) is 8.37. The smallest absolute Gasteiger partial charge is 0.243 e. The second-order valence-corrected chi connectivity index (χ2v) is 8.10. The molecule has 4 rings (SSSR count).